The van der Waals surface area contributed by atoms with E-state index < -0.39 is 41.2 Å². The first-order chi connectivity index (χ1) is 12.4. The van der Waals surface area contributed by atoms with E-state index in [0.717, 1.165) is 11.0 Å². The lowest BCUT2D eigenvalue weighted by molar-refractivity contribution is -0.122. The second-order valence-corrected chi connectivity index (χ2v) is 7.73. The predicted molar refractivity (Wildman–Crippen MR) is 95.2 cm³/mol. The van der Waals surface area contributed by atoms with Crippen molar-refractivity contribution in [1.29, 1.82) is 5.26 Å². The number of anilines is 1. The molecule has 1 aliphatic heterocycles. The quantitative estimate of drug-likeness (QED) is 0.710. The van der Waals surface area contributed by atoms with Gasteiger partial charge in [0.1, 0.15) is 23.3 Å². The van der Waals surface area contributed by atoms with Crippen molar-refractivity contribution >= 4 is 29.3 Å². The van der Waals surface area contributed by atoms with Gasteiger partial charge in [0.15, 0.2) is 0 Å². The lowest BCUT2D eigenvalue weighted by atomic mass is 10.1. The van der Waals surface area contributed by atoms with Gasteiger partial charge in [-0.25, -0.2) is 13.6 Å². The molecule has 1 aliphatic rings. The molecule has 0 unspecified atom stereocenters. The second-order valence-electron chi connectivity index (χ2n) is 7.33. The highest BCUT2D eigenvalue weighted by Crippen LogP contribution is 2.30. The Balaban J connectivity index is 2.30. The van der Waals surface area contributed by atoms with Crippen LogP contribution in [0.1, 0.15) is 27.2 Å². The maximum Gasteiger partial charge on any atom is 0.411 e. The fourth-order valence-electron chi connectivity index (χ4n) is 2.80. The van der Waals surface area contributed by atoms with Gasteiger partial charge >= 0.3 is 6.09 Å². The molecule has 0 bridgehead atoms. The number of nitrogens with zero attached hydrogens (tertiary/aromatic N) is 3. The third kappa shape index (κ3) is 4.66. The molecule has 9 heteroatoms. The first-order valence-corrected chi connectivity index (χ1v) is 8.63. The summed E-state index contributed by atoms with van der Waals surface area (Å²) in [5.74, 6) is -3.09. The molecular formula is C18H20ClF2N3O3. The van der Waals surface area contributed by atoms with E-state index in [0.29, 0.717) is 6.07 Å². The van der Waals surface area contributed by atoms with Gasteiger partial charge in [0.2, 0.25) is 5.91 Å². The van der Waals surface area contributed by atoms with Crippen LogP contribution in [0.2, 0.25) is 5.02 Å². The zero-order chi connectivity index (χ0) is 20.5. The van der Waals surface area contributed by atoms with E-state index in [1.807, 2.05) is 6.07 Å². The Hall–Kier alpha value is -2.40. The molecule has 2 amide bonds. The number of halogens is 3. The molecule has 0 aliphatic carbocycles. The molecule has 1 saturated heterocycles. The zero-order valence-electron chi connectivity index (χ0n) is 15.4. The van der Waals surface area contributed by atoms with Crippen molar-refractivity contribution in [3.8, 4) is 6.07 Å². The summed E-state index contributed by atoms with van der Waals surface area (Å²) < 4.78 is 32.8. The Bertz CT molecular complexity index is 804. The van der Waals surface area contributed by atoms with Gasteiger partial charge in [0, 0.05) is 19.7 Å². The summed E-state index contributed by atoms with van der Waals surface area (Å²) in [7, 11) is 1.29. The van der Waals surface area contributed by atoms with Gasteiger partial charge < -0.3 is 9.64 Å². The van der Waals surface area contributed by atoms with E-state index in [1.54, 1.807) is 20.8 Å². The molecule has 1 heterocycles. The Labute approximate surface area is 161 Å². The molecule has 0 saturated carbocycles. The largest absolute Gasteiger partial charge is 0.444 e. The minimum Gasteiger partial charge on any atom is -0.444 e. The molecule has 2 rings (SSSR count). The smallest absolute Gasteiger partial charge is 0.411 e. The van der Waals surface area contributed by atoms with Crippen molar-refractivity contribution in [2.45, 2.75) is 38.8 Å². The summed E-state index contributed by atoms with van der Waals surface area (Å²) >= 11 is 5.68. The zero-order valence-corrected chi connectivity index (χ0v) is 16.2. The van der Waals surface area contributed by atoms with Crippen LogP contribution >= 0.6 is 11.6 Å². The monoisotopic (exact) mass is 399 g/mol. The first kappa shape index (κ1) is 20.9. The van der Waals surface area contributed by atoms with Crippen LogP contribution in [-0.4, -0.2) is 42.1 Å². The number of amides is 2. The van der Waals surface area contributed by atoms with Gasteiger partial charge in [0.25, 0.3) is 0 Å². The minimum atomic E-state index is -1.00. The van der Waals surface area contributed by atoms with Crippen molar-refractivity contribution in [3.05, 3.63) is 28.8 Å². The highest BCUT2D eigenvalue weighted by atomic mass is 35.5. The van der Waals surface area contributed by atoms with Crippen LogP contribution in [0.5, 0.6) is 0 Å². The highest BCUT2D eigenvalue weighted by Gasteiger charge is 2.43. The van der Waals surface area contributed by atoms with Crippen LogP contribution in [0.25, 0.3) is 0 Å². The summed E-state index contributed by atoms with van der Waals surface area (Å²) in [6, 6.07) is 2.62. The number of hydrogen-bond donors (Lipinski definition) is 0. The number of carbonyl (C=O) groups is 2. The second kappa shape index (κ2) is 7.69. The number of rotatable bonds is 2. The van der Waals surface area contributed by atoms with Gasteiger partial charge in [0.05, 0.1) is 22.7 Å². The van der Waals surface area contributed by atoms with Crippen LogP contribution < -0.4 is 4.90 Å². The standard InChI is InChI=1S/C18H20ClF2N3O3/c1-18(2,3)27-17(26)24-9-10(8-22)5-15(24)16(25)23(4)14-6-11(19)12(20)7-13(14)21/h6-7,10,15H,5,9H2,1-4H3/t10-,15+/m1/s1. The van der Waals surface area contributed by atoms with Gasteiger partial charge in [-0.3, -0.25) is 9.69 Å². The summed E-state index contributed by atoms with van der Waals surface area (Å²) in [6.45, 7) is 5.08. The molecule has 6 nitrogen and oxygen atoms in total. The van der Waals surface area contributed by atoms with Crippen molar-refractivity contribution in [3.63, 3.8) is 0 Å². The normalized spacial score (nSPS) is 19.6. The van der Waals surface area contributed by atoms with E-state index in [-0.39, 0.29) is 23.7 Å². The number of benzene rings is 1. The van der Waals surface area contributed by atoms with Gasteiger partial charge in [-0.05, 0) is 33.3 Å². The molecule has 0 N–H and O–H groups in total. The molecule has 1 aromatic carbocycles. The van der Waals surface area contributed by atoms with Crippen LogP contribution in [0.15, 0.2) is 12.1 Å². The SMILES string of the molecule is CN(C(=O)[C@@H]1C[C@H](C#N)CN1C(=O)OC(C)(C)C)c1cc(Cl)c(F)cc1F. The van der Waals surface area contributed by atoms with Crippen molar-refractivity contribution in [1.82, 2.24) is 4.90 Å². The number of hydrogen-bond acceptors (Lipinski definition) is 4. The van der Waals surface area contributed by atoms with Crippen molar-refractivity contribution < 1.29 is 23.1 Å². The number of likely N-dealkylation sites (N-methyl/N-ethyl adjacent to an activating group) is 1. The third-order valence-electron chi connectivity index (χ3n) is 4.08. The first-order valence-electron chi connectivity index (χ1n) is 8.26. The lowest BCUT2D eigenvalue weighted by Gasteiger charge is -2.30. The molecule has 0 aromatic heterocycles. The van der Waals surface area contributed by atoms with E-state index >= 15 is 0 Å². The average molecular weight is 400 g/mol. The summed E-state index contributed by atoms with van der Waals surface area (Å²) in [4.78, 5) is 27.5. The molecule has 1 aromatic rings. The summed E-state index contributed by atoms with van der Waals surface area (Å²) in [5, 5.41) is 8.85. The van der Waals surface area contributed by atoms with Gasteiger partial charge in [-0.1, -0.05) is 11.6 Å². The number of nitriles is 1. The topological polar surface area (TPSA) is 73.6 Å². The van der Waals surface area contributed by atoms with Crippen LogP contribution in [0, 0.1) is 28.9 Å². The van der Waals surface area contributed by atoms with E-state index in [1.165, 1.54) is 11.9 Å². The average Bonchev–Trinajstić information content (AvgIpc) is 3.00. The molecule has 27 heavy (non-hydrogen) atoms. The molecular weight excluding hydrogens is 380 g/mol. The van der Waals surface area contributed by atoms with Crippen LogP contribution in [0.3, 0.4) is 0 Å². The number of ether oxygens (including phenoxy) is 1. The lowest BCUT2D eigenvalue weighted by Crippen LogP contribution is -2.48. The molecule has 0 radical (unpaired) electrons. The predicted octanol–water partition coefficient (Wildman–Crippen LogP) is 3.73. The van der Waals surface area contributed by atoms with Crippen LogP contribution in [-0.2, 0) is 9.53 Å². The summed E-state index contributed by atoms with van der Waals surface area (Å²) in [5.41, 5.74) is -1.01. The van der Waals surface area contributed by atoms with Crippen LogP contribution in [0.4, 0.5) is 19.3 Å². The number of carbonyl (C=O) groups excluding carboxylic acids is 2. The fraction of sp³-hybridized carbons (Fsp3) is 0.500. The van der Waals surface area contributed by atoms with Crippen molar-refractivity contribution in [2.75, 3.05) is 18.5 Å². The molecule has 146 valence electrons. The van der Waals surface area contributed by atoms with E-state index in [2.05, 4.69) is 0 Å². The Kier molecular flexibility index (Phi) is 5.95. The summed E-state index contributed by atoms with van der Waals surface area (Å²) in [6.07, 6.45) is -0.639. The Morgan fingerprint density at radius 1 is 1.33 bits per heavy atom. The van der Waals surface area contributed by atoms with Gasteiger partial charge in [-0.2, -0.15) is 5.26 Å². The third-order valence-corrected chi connectivity index (χ3v) is 4.37. The maximum atomic E-state index is 14.1. The Morgan fingerprint density at radius 2 is 1.96 bits per heavy atom. The highest BCUT2D eigenvalue weighted by molar-refractivity contribution is 6.31. The van der Waals surface area contributed by atoms with Gasteiger partial charge in [-0.15, -0.1) is 0 Å². The van der Waals surface area contributed by atoms with E-state index in [4.69, 9.17) is 16.3 Å². The molecule has 2 atom stereocenters. The maximum absolute atomic E-state index is 14.1. The van der Waals surface area contributed by atoms with Crippen molar-refractivity contribution in [2.24, 2.45) is 5.92 Å². The molecule has 0 spiro atoms. The van der Waals surface area contributed by atoms with E-state index in [9.17, 15) is 23.6 Å². The fourth-order valence-corrected chi connectivity index (χ4v) is 2.96. The number of likely N-dealkylation sites (tertiary alicyclic amines) is 1. The Morgan fingerprint density at radius 3 is 2.52 bits per heavy atom. The molecule has 1 fully saturated rings. The minimum absolute atomic E-state index is 0.0301.